The average molecular weight is 280 g/mol. The summed E-state index contributed by atoms with van der Waals surface area (Å²) in [5.41, 5.74) is 4.06. The van der Waals surface area contributed by atoms with Crippen LogP contribution in [-0.4, -0.2) is 0 Å². The number of benzene rings is 2. The van der Waals surface area contributed by atoms with E-state index < -0.39 is 0 Å². The van der Waals surface area contributed by atoms with Crippen molar-refractivity contribution in [2.75, 3.05) is 0 Å². The van der Waals surface area contributed by atoms with Crippen LogP contribution in [0.3, 0.4) is 0 Å². The molecule has 1 heterocycles. The SMILES string of the molecule is Cc1csc(Cc2ccccc2)[n+]1Cc1ccccc1. The van der Waals surface area contributed by atoms with E-state index in [0.717, 1.165) is 13.0 Å². The van der Waals surface area contributed by atoms with Gasteiger partial charge in [-0.05, 0) is 5.56 Å². The Morgan fingerprint density at radius 2 is 1.45 bits per heavy atom. The normalized spacial score (nSPS) is 10.7. The lowest BCUT2D eigenvalue weighted by Crippen LogP contribution is -2.39. The molecule has 2 aromatic carbocycles. The Morgan fingerprint density at radius 1 is 0.850 bits per heavy atom. The van der Waals surface area contributed by atoms with Crippen molar-refractivity contribution in [3.05, 3.63) is 87.9 Å². The van der Waals surface area contributed by atoms with E-state index in [2.05, 4.69) is 77.5 Å². The summed E-state index contributed by atoms with van der Waals surface area (Å²) in [5.74, 6) is 0. The van der Waals surface area contributed by atoms with E-state index in [-0.39, 0.29) is 0 Å². The third kappa shape index (κ3) is 2.97. The molecule has 0 spiro atoms. The quantitative estimate of drug-likeness (QED) is 0.636. The Morgan fingerprint density at radius 3 is 2.10 bits per heavy atom. The molecule has 0 aliphatic carbocycles. The average Bonchev–Trinajstić information content (AvgIpc) is 2.83. The lowest BCUT2D eigenvalue weighted by molar-refractivity contribution is -0.696. The molecule has 0 N–H and O–H groups in total. The Kier molecular flexibility index (Phi) is 3.93. The van der Waals surface area contributed by atoms with Gasteiger partial charge in [-0.1, -0.05) is 72.0 Å². The Balaban J connectivity index is 1.86. The van der Waals surface area contributed by atoms with Crippen LogP contribution in [0.2, 0.25) is 0 Å². The van der Waals surface area contributed by atoms with Gasteiger partial charge in [-0.25, -0.2) is 0 Å². The van der Waals surface area contributed by atoms with Crippen molar-refractivity contribution in [2.24, 2.45) is 0 Å². The molecular formula is C18H18NS+. The van der Waals surface area contributed by atoms with E-state index >= 15 is 0 Å². The maximum Gasteiger partial charge on any atom is 0.242 e. The molecule has 0 radical (unpaired) electrons. The van der Waals surface area contributed by atoms with Gasteiger partial charge in [-0.15, -0.1) is 0 Å². The zero-order valence-corrected chi connectivity index (χ0v) is 12.4. The molecule has 0 fully saturated rings. The van der Waals surface area contributed by atoms with Gasteiger partial charge in [0.15, 0.2) is 12.2 Å². The Labute approximate surface area is 124 Å². The highest BCUT2D eigenvalue weighted by Crippen LogP contribution is 2.14. The molecule has 0 aliphatic rings. The van der Waals surface area contributed by atoms with Crippen LogP contribution in [0.15, 0.2) is 66.0 Å². The van der Waals surface area contributed by atoms with Crippen LogP contribution in [0.5, 0.6) is 0 Å². The van der Waals surface area contributed by atoms with Crippen molar-refractivity contribution >= 4 is 11.3 Å². The van der Waals surface area contributed by atoms with Crippen LogP contribution in [0.4, 0.5) is 0 Å². The van der Waals surface area contributed by atoms with Crippen LogP contribution in [0.1, 0.15) is 21.8 Å². The lowest BCUT2D eigenvalue weighted by Gasteiger charge is -2.01. The number of aromatic nitrogens is 1. The first-order valence-corrected chi connectivity index (χ1v) is 7.75. The zero-order valence-electron chi connectivity index (χ0n) is 11.6. The van der Waals surface area contributed by atoms with Crippen molar-refractivity contribution < 1.29 is 4.57 Å². The van der Waals surface area contributed by atoms with Gasteiger partial charge in [0.25, 0.3) is 0 Å². The minimum atomic E-state index is 0.957. The molecule has 0 bridgehead atoms. The number of rotatable bonds is 4. The number of thiazole rings is 1. The van der Waals surface area contributed by atoms with Gasteiger partial charge in [-0.2, -0.15) is 4.57 Å². The summed E-state index contributed by atoms with van der Waals surface area (Å²) in [6, 6.07) is 21.3. The largest absolute Gasteiger partial charge is 0.242 e. The molecule has 1 aromatic heterocycles. The van der Waals surface area contributed by atoms with Crippen molar-refractivity contribution in [3.63, 3.8) is 0 Å². The number of nitrogens with zero attached hydrogens (tertiary/aromatic N) is 1. The molecule has 2 heteroatoms. The van der Waals surface area contributed by atoms with E-state index in [1.54, 1.807) is 0 Å². The molecule has 100 valence electrons. The second kappa shape index (κ2) is 6.02. The smallest absolute Gasteiger partial charge is 0.186 e. The molecule has 0 unspecified atom stereocenters. The van der Waals surface area contributed by atoms with Crippen LogP contribution >= 0.6 is 11.3 Å². The molecule has 0 saturated heterocycles. The zero-order chi connectivity index (χ0) is 13.8. The first-order chi connectivity index (χ1) is 9.83. The summed E-state index contributed by atoms with van der Waals surface area (Å²) in [5, 5.41) is 3.67. The fourth-order valence-electron chi connectivity index (χ4n) is 2.36. The van der Waals surface area contributed by atoms with E-state index in [1.165, 1.54) is 21.8 Å². The molecule has 3 aromatic rings. The van der Waals surface area contributed by atoms with E-state index in [4.69, 9.17) is 0 Å². The topological polar surface area (TPSA) is 3.88 Å². The highest BCUT2D eigenvalue weighted by Gasteiger charge is 2.17. The standard InChI is InChI=1S/C18H18NS/c1-15-14-20-18(12-16-8-4-2-5-9-16)19(15)13-17-10-6-3-7-11-17/h2-11,14H,12-13H2,1H3/q+1. The molecule has 0 amide bonds. The van der Waals surface area contributed by atoms with Gasteiger partial charge in [0.1, 0.15) is 0 Å². The predicted octanol–water partition coefficient (Wildman–Crippen LogP) is 3.98. The Hall–Kier alpha value is -1.93. The fraction of sp³-hybridized carbons (Fsp3) is 0.167. The molecule has 0 saturated carbocycles. The third-order valence-electron chi connectivity index (χ3n) is 3.47. The van der Waals surface area contributed by atoms with Crippen LogP contribution in [-0.2, 0) is 13.0 Å². The first kappa shape index (κ1) is 13.1. The number of aryl methyl sites for hydroxylation is 1. The molecule has 1 nitrogen and oxygen atoms in total. The summed E-state index contributed by atoms with van der Waals surface area (Å²) >= 11 is 1.85. The van der Waals surface area contributed by atoms with Crippen molar-refractivity contribution in [1.82, 2.24) is 0 Å². The van der Waals surface area contributed by atoms with Gasteiger partial charge in [0, 0.05) is 12.5 Å². The van der Waals surface area contributed by atoms with Crippen molar-refractivity contribution in [2.45, 2.75) is 19.9 Å². The maximum atomic E-state index is 2.42. The molecular weight excluding hydrogens is 262 g/mol. The minimum absolute atomic E-state index is 0.957. The van der Waals surface area contributed by atoms with E-state index in [0.29, 0.717) is 0 Å². The van der Waals surface area contributed by atoms with Gasteiger partial charge < -0.3 is 0 Å². The van der Waals surface area contributed by atoms with Crippen LogP contribution < -0.4 is 4.57 Å². The van der Waals surface area contributed by atoms with Crippen LogP contribution in [0.25, 0.3) is 0 Å². The van der Waals surface area contributed by atoms with E-state index in [1.807, 2.05) is 11.3 Å². The van der Waals surface area contributed by atoms with Crippen LogP contribution in [0, 0.1) is 6.92 Å². The summed E-state index contributed by atoms with van der Waals surface area (Å²) in [7, 11) is 0. The molecule has 3 rings (SSSR count). The predicted molar refractivity (Wildman–Crippen MR) is 84.0 cm³/mol. The lowest BCUT2D eigenvalue weighted by atomic mass is 10.1. The molecule has 0 aliphatic heterocycles. The summed E-state index contributed by atoms with van der Waals surface area (Å²) in [4.78, 5) is 0. The highest BCUT2D eigenvalue weighted by molar-refractivity contribution is 7.09. The third-order valence-corrected chi connectivity index (χ3v) is 4.57. The van der Waals surface area contributed by atoms with Crippen molar-refractivity contribution in [3.8, 4) is 0 Å². The van der Waals surface area contributed by atoms with E-state index in [9.17, 15) is 0 Å². The van der Waals surface area contributed by atoms with Gasteiger partial charge in [0.05, 0.1) is 11.8 Å². The summed E-state index contributed by atoms with van der Waals surface area (Å²) < 4.78 is 2.42. The molecule has 20 heavy (non-hydrogen) atoms. The minimum Gasteiger partial charge on any atom is -0.186 e. The van der Waals surface area contributed by atoms with Gasteiger partial charge in [0.2, 0.25) is 5.01 Å². The fourth-order valence-corrected chi connectivity index (χ4v) is 3.38. The maximum absolute atomic E-state index is 2.42. The Bertz CT molecular complexity index is 671. The second-order valence-corrected chi connectivity index (χ2v) is 5.95. The number of hydrogen-bond donors (Lipinski definition) is 0. The van der Waals surface area contributed by atoms with Crippen molar-refractivity contribution in [1.29, 1.82) is 0 Å². The first-order valence-electron chi connectivity index (χ1n) is 6.87. The highest BCUT2D eigenvalue weighted by atomic mass is 32.1. The summed E-state index contributed by atoms with van der Waals surface area (Å²) in [6.07, 6.45) is 1.01. The second-order valence-electron chi connectivity index (χ2n) is 5.00. The summed E-state index contributed by atoms with van der Waals surface area (Å²) in [6.45, 7) is 3.15. The monoisotopic (exact) mass is 280 g/mol. The van der Waals surface area contributed by atoms with Gasteiger partial charge in [-0.3, -0.25) is 0 Å². The van der Waals surface area contributed by atoms with Gasteiger partial charge >= 0.3 is 0 Å². The number of hydrogen-bond acceptors (Lipinski definition) is 1. The molecule has 0 atom stereocenters.